The van der Waals surface area contributed by atoms with Crippen LogP contribution in [0.25, 0.3) is 0 Å². The number of hydrogen-bond donors (Lipinski definition) is 0. The summed E-state index contributed by atoms with van der Waals surface area (Å²) in [5.41, 5.74) is 0.645. The normalized spacial score (nSPS) is 14.8. The van der Waals surface area contributed by atoms with Gasteiger partial charge in [-0.1, -0.05) is 0 Å². The molecule has 2 rings (SSSR count). The maximum atomic E-state index is 11.8. The van der Waals surface area contributed by atoms with E-state index >= 15 is 0 Å². The van der Waals surface area contributed by atoms with Crippen LogP contribution in [0.15, 0.2) is 24.3 Å². The standard InChI is InChI=1S/C15H20N2O2S/c1-16(2)14(18)12-6-8-13(9-7-12)19-15(20)17-10-4-3-5-11-17/h6-9H,3-5,10-11H2,1-2H3. The van der Waals surface area contributed by atoms with E-state index in [9.17, 15) is 4.79 Å². The van der Waals surface area contributed by atoms with Gasteiger partial charge in [-0.2, -0.15) is 0 Å². The fraction of sp³-hybridized carbons (Fsp3) is 0.467. The lowest BCUT2D eigenvalue weighted by molar-refractivity contribution is 0.0827. The van der Waals surface area contributed by atoms with Crippen molar-refractivity contribution in [2.45, 2.75) is 19.3 Å². The smallest absolute Gasteiger partial charge is 0.264 e. The molecule has 1 amide bonds. The van der Waals surface area contributed by atoms with Gasteiger partial charge in [0.15, 0.2) is 0 Å². The molecule has 1 heterocycles. The Bertz CT molecular complexity index is 479. The summed E-state index contributed by atoms with van der Waals surface area (Å²) in [6.45, 7) is 1.94. The quantitative estimate of drug-likeness (QED) is 0.784. The Kier molecular flexibility index (Phi) is 4.95. The fourth-order valence-corrected chi connectivity index (χ4v) is 2.44. The van der Waals surface area contributed by atoms with Crippen molar-refractivity contribution in [2.24, 2.45) is 0 Å². The van der Waals surface area contributed by atoms with Gasteiger partial charge in [0.25, 0.3) is 11.1 Å². The van der Waals surface area contributed by atoms with Gasteiger partial charge in [0.05, 0.1) is 0 Å². The highest BCUT2D eigenvalue weighted by molar-refractivity contribution is 7.80. The molecule has 20 heavy (non-hydrogen) atoms. The molecule has 0 aliphatic carbocycles. The minimum Gasteiger partial charge on any atom is -0.432 e. The number of carbonyl (C=O) groups excluding carboxylic acids is 1. The maximum Gasteiger partial charge on any atom is 0.264 e. The van der Waals surface area contributed by atoms with Crippen molar-refractivity contribution in [3.05, 3.63) is 29.8 Å². The molecular formula is C15H20N2O2S. The molecule has 0 N–H and O–H groups in total. The largest absolute Gasteiger partial charge is 0.432 e. The molecule has 5 heteroatoms. The first kappa shape index (κ1) is 14.8. The van der Waals surface area contributed by atoms with Crippen molar-refractivity contribution in [2.75, 3.05) is 27.2 Å². The van der Waals surface area contributed by atoms with Gasteiger partial charge >= 0.3 is 0 Å². The molecule has 4 nitrogen and oxygen atoms in total. The number of ether oxygens (including phenoxy) is 1. The highest BCUT2D eigenvalue weighted by Gasteiger charge is 2.15. The summed E-state index contributed by atoms with van der Waals surface area (Å²) in [6, 6.07) is 7.09. The van der Waals surface area contributed by atoms with E-state index in [1.54, 1.807) is 43.3 Å². The SMILES string of the molecule is CN(C)C(=O)c1ccc(OC(=S)N2CCCCC2)cc1. The van der Waals surface area contributed by atoms with E-state index in [0.29, 0.717) is 16.5 Å². The second-order valence-electron chi connectivity index (χ2n) is 5.14. The van der Waals surface area contributed by atoms with Crippen molar-refractivity contribution in [3.8, 4) is 5.75 Å². The van der Waals surface area contributed by atoms with E-state index in [1.165, 1.54) is 19.3 Å². The van der Waals surface area contributed by atoms with E-state index in [-0.39, 0.29) is 5.91 Å². The second-order valence-corrected chi connectivity index (χ2v) is 5.49. The summed E-state index contributed by atoms with van der Waals surface area (Å²) >= 11 is 5.31. The number of piperidine rings is 1. The molecule has 0 atom stereocenters. The summed E-state index contributed by atoms with van der Waals surface area (Å²) in [4.78, 5) is 15.4. The van der Waals surface area contributed by atoms with E-state index in [0.717, 1.165) is 13.1 Å². The topological polar surface area (TPSA) is 32.8 Å². The van der Waals surface area contributed by atoms with Gasteiger partial charge in [0, 0.05) is 32.7 Å². The van der Waals surface area contributed by atoms with Crippen LogP contribution in [0.4, 0.5) is 0 Å². The zero-order valence-electron chi connectivity index (χ0n) is 12.0. The Morgan fingerprint density at radius 1 is 1.15 bits per heavy atom. The third-order valence-electron chi connectivity index (χ3n) is 3.33. The maximum absolute atomic E-state index is 11.8. The van der Waals surface area contributed by atoms with Gasteiger partial charge < -0.3 is 14.5 Å². The first-order valence-corrected chi connectivity index (χ1v) is 7.27. The number of benzene rings is 1. The molecule has 0 saturated carbocycles. The van der Waals surface area contributed by atoms with Gasteiger partial charge in [0.1, 0.15) is 5.75 Å². The average Bonchev–Trinajstić information content (AvgIpc) is 2.48. The number of hydrogen-bond acceptors (Lipinski definition) is 3. The number of amides is 1. The Hall–Kier alpha value is -1.62. The van der Waals surface area contributed by atoms with Crippen LogP contribution in [0.5, 0.6) is 5.75 Å². The predicted molar refractivity (Wildman–Crippen MR) is 83.1 cm³/mol. The Morgan fingerprint density at radius 3 is 2.30 bits per heavy atom. The molecule has 0 bridgehead atoms. The van der Waals surface area contributed by atoms with E-state index in [2.05, 4.69) is 4.90 Å². The lowest BCUT2D eigenvalue weighted by Crippen LogP contribution is -2.37. The number of likely N-dealkylation sites (tertiary alicyclic amines) is 1. The van der Waals surface area contributed by atoms with Gasteiger partial charge in [0.2, 0.25) is 0 Å². The van der Waals surface area contributed by atoms with Crippen molar-refractivity contribution in [1.82, 2.24) is 9.80 Å². The fourth-order valence-electron chi connectivity index (χ4n) is 2.17. The minimum absolute atomic E-state index is 0.0184. The zero-order valence-corrected chi connectivity index (χ0v) is 12.8. The van der Waals surface area contributed by atoms with Crippen LogP contribution in [-0.4, -0.2) is 48.1 Å². The highest BCUT2D eigenvalue weighted by Crippen LogP contribution is 2.16. The van der Waals surface area contributed by atoms with Crippen LogP contribution >= 0.6 is 12.2 Å². The zero-order chi connectivity index (χ0) is 14.5. The number of rotatable bonds is 2. The lowest BCUT2D eigenvalue weighted by atomic mass is 10.1. The van der Waals surface area contributed by atoms with Crippen LogP contribution in [0, 0.1) is 0 Å². The summed E-state index contributed by atoms with van der Waals surface area (Å²) < 4.78 is 5.68. The van der Waals surface area contributed by atoms with Gasteiger partial charge in [-0.05, 0) is 55.7 Å². The van der Waals surface area contributed by atoms with Crippen molar-refractivity contribution >= 4 is 23.3 Å². The number of thiocarbonyl (C=S) groups is 1. The van der Waals surface area contributed by atoms with E-state index in [1.807, 2.05) is 0 Å². The monoisotopic (exact) mass is 292 g/mol. The van der Waals surface area contributed by atoms with Crippen LogP contribution in [0.3, 0.4) is 0 Å². The van der Waals surface area contributed by atoms with E-state index in [4.69, 9.17) is 17.0 Å². The van der Waals surface area contributed by atoms with Crippen molar-refractivity contribution < 1.29 is 9.53 Å². The van der Waals surface area contributed by atoms with Crippen molar-refractivity contribution in [3.63, 3.8) is 0 Å². The molecule has 1 aromatic rings. The second kappa shape index (κ2) is 6.70. The van der Waals surface area contributed by atoms with Gasteiger partial charge in [-0.3, -0.25) is 4.79 Å². The third kappa shape index (κ3) is 3.70. The summed E-state index contributed by atoms with van der Waals surface area (Å²) in [7, 11) is 3.47. The molecule has 1 fully saturated rings. The molecule has 1 saturated heterocycles. The van der Waals surface area contributed by atoms with E-state index < -0.39 is 0 Å². The Labute approximate surface area is 125 Å². The molecule has 1 aliphatic heterocycles. The molecule has 0 unspecified atom stereocenters. The molecule has 108 valence electrons. The molecule has 0 spiro atoms. The van der Waals surface area contributed by atoms with Gasteiger partial charge in [-0.15, -0.1) is 0 Å². The molecule has 0 radical (unpaired) electrons. The first-order valence-electron chi connectivity index (χ1n) is 6.86. The van der Waals surface area contributed by atoms with Crippen LogP contribution in [0.1, 0.15) is 29.6 Å². The highest BCUT2D eigenvalue weighted by atomic mass is 32.1. The van der Waals surface area contributed by atoms with Crippen LogP contribution < -0.4 is 4.74 Å². The molecule has 0 aromatic heterocycles. The Morgan fingerprint density at radius 2 is 1.75 bits per heavy atom. The van der Waals surface area contributed by atoms with Gasteiger partial charge in [-0.25, -0.2) is 0 Å². The molecule has 1 aromatic carbocycles. The van der Waals surface area contributed by atoms with Crippen LogP contribution in [-0.2, 0) is 0 Å². The average molecular weight is 292 g/mol. The first-order chi connectivity index (χ1) is 9.58. The summed E-state index contributed by atoms with van der Waals surface area (Å²) in [5, 5.41) is 0.524. The minimum atomic E-state index is -0.0184. The molecule has 1 aliphatic rings. The predicted octanol–water partition coefficient (Wildman–Crippen LogP) is 2.54. The van der Waals surface area contributed by atoms with Crippen LogP contribution in [0.2, 0.25) is 0 Å². The number of carbonyl (C=O) groups is 1. The number of nitrogens with zero attached hydrogens (tertiary/aromatic N) is 2. The third-order valence-corrected chi connectivity index (χ3v) is 3.67. The summed E-state index contributed by atoms with van der Waals surface area (Å²) in [5.74, 6) is 0.658. The summed E-state index contributed by atoms with van der Waals surface area (Å²) in [6.07, 6.45) is 3.60. The molecular weight excluding hydrogens is 272 g/mol. The van der Waals surface area contributed by atoms with Crippen molar-refractivity contribution in [1.29, 1.82) is 0 Å². The Balaban J connectivity index is 1.96. The lowest BCUT2D eigenvalue weighted by Gasteiger charge is -2.28.